The Kier molecular flexibility index (Phi) is 5.74. The van der Waals surface area contributed by atoms with E-state index in [4.69, 9.17) is 4.74 Å². The number of methoxy groups -OCH3 is 1. The van der Waals surface area contributed by atoms with Crippen LogP contribution in [-0.2, 0) is 11.3 Å². The van der Waals surface area contributed by atoms with E-state index in [1.807, 2.05) is 6.92 Å². The summed E-state index contributed by atoms with van der Waals surface area (Å²) in [6, 6.07) is 0. The van der Waals surface area contributed by atoms with Gasteiger partial charge in [0.05, 0.1) is 18.0 Å². The van der Waals surface area contributed by atoms with Crippen LogP contribution >= 0.6 is 0 Å². The van der Waals surface area contributed by atoms with Crippen LogP contribution in [0.1, 0.15) is 19.5 Å². The first kappa shape index (κ1) is 12.9. The zero-order valence-corrected chi connectivity index (χ0v) is 10.2. The molecule has 0 radical (unpaired) electrons. The fourth-order valence-electron chi connectivity index (χ4n) is 1.16. The summed E-state index contributed by atoms with van der Waals surface area (Å²) >= 11 is 0. The van der Waals surface area contributed by atoms with Crippen LogP contribution in [0.4, 0.5) is 5.82 Å². The number of hydrogen-bond acceptors (Lipinski definition) is 5. The monoisotopic (exact) mass is 224 g/mol. The second kappa shape index (κ2) is 7.14. The normalized spacial score (nSPS) is 12.4. The third kappa shape index (κ3) is 4.55. The van der Waals surface area contributed by atoms with Crippen molar-refractivity contribution in [3.63, 3.8) is 0 Å². The summed E-state index contributed by atoms with van der Waals surface area (Å²) in [7, 11) is 1.69. The molecule has 0 aliphatic carbocycles. The summed E-state index contributed by atoms with van der Waals surface area (Å²) in [5.41, 5.74) is 0.942. The molecule has 0 aromatic carbocycles. The summed E-state index contributed by atoms with van der Waals surface area (Å²) in [5.74, 6) is 0.791. The lowest BCUT2D eigenvalue weighted by Gasteiger charge is -2.11. The molecule has 0 amide bonds. The number of nitrogens with one attached hydrogen (secondary N) is 2. The average molecular weight is 224 g/mol. The molecule has 0 aliphatic heterocycles. The molecule has 5 nitrogen and oxygen atoms in total. The molecule has 0 saturated carbocycles. The second-order valence-corrected chi connectivity index (χ2v) is 3.60. The van der Waals surface area contributed by atoms with Crippen LogP contribution < -0.4 is 10.6 Å². The summed E-state index contributed by atoms with van der Waals surface area (Å²) in [6.07, 6.45) is 3.66. The van der Waals surface area contributed by atoms with Crippen LogP contribution in [0.25, 0.3) is 0 Å². The number of rotatable bonds is 7. The number of anilines is 1. The van der Waals surface area contributed by atoms with E-state index in [1.54, 1.807) is 19.5 Å². The van der Waals surface area contributed by atoms with Crippen LogP contribution in [-0.4, -0.2) is 36.3 Å². The zero-order valence-electron chi connectivity index (χ0n) is 10.2. The Morgan fingerprint density at radius 3 is 2.94 bits per heavy atom. The van der Waals surface area contributed by atoms with Gasteiger partial charge in [-0.3, -0.25) is 4.98 Å². The third-order valence-electron chi connectivity index (χ3n) is 2.21. The summed E-state index contributed by atoms with van der Waals surface area (Å²) < 4.78 is 5.14. The minimum atomic E-state index is 0.166. The highest BCUT2D eigenvalue weighted by molar-refractivity contribution is 5.31. The van der Waals surface area contributed by atoms with E-state index in [0.717, 1.165) is 31.1 Å². The lowest BCUT2D eigenvalue weighted by Crippen LogP contribution is -2.19. The maximum absolute atomic E-state index is 5.14. The molecule has 1 heterocycles. The van der Waals surface area contributed by atoms with Crippen molar-refractivity contribution in [1.82, 2.24) is 15.3 Å². The molecule has 5 heteroatoms. The Morgan fingerprint density at radius 2 is 2.25 bits per heavy atom. The molecule has 0 bridgehead atoms. The molecule has 0 fully saturated rings. The molecule has 1 rings (SSSR count). The van der Waals surface area contributed by atoms with Crippen molar-refractivity contribution < 1.29 is 4.74 Å². The highest BCUT2D eigenvalue weighted by Gasteiger charge is 2.01. The smallest absolute Gasteiger partial charge is 0.144 e. The van der Waals surface area contributed by atoms with E-state index >= 15 is 0 Å². The number of ether oxygens (including phenoxy) is 1. The molecule has 1 unspecified atom stereocenters. The van der Waals surface area contributed by atoms with Gasteiger partial charge in [0, 0.05) is 26.4 Å². The van der Waals surface area contributed by atoms with Crippen molar-refractivity contribution in [3.05, 3.63) is 18.1 Å². The summed E-state index contributed by atoms with van der Waals surface area (Å²) in [4.78, 5) is 8.56. The molecular formula is C11H20N4O. The fourth-order valence-corrected chi connectivity index (χ4v) is 1.16. The van der Waals surface area contributed by atoms with Crippen LogP contribution in [0.15, 0.2) is 12.4 Å². The van der Waals surface area contributed by atoms with Gasteiger partial charge in [-0.2, -0.15) is 0 Å². The van der Waals surface area contributed by atoms with E-state index in [1.165, 1.54) is 0 Å². The van der Waals surface area contributed by atoms with Crippen molar-refractivity contribution >= 4 is 5.82 Å². The van der Waals surface area contributed by atoms with Gasteiger partial charge in [0.15, 0.2) is 0 Å². The Bertz CT molecular complexity index is 306. The van der Waals surface area contributed by atoms with E-state index in [2.05, 4.69) is 27.5 Å². The highest BCUT2D eigenvalue weighted by Crippen LogP contribution is 2.02. The molecule has 90 valence electrons. The SMILES string of the molecule is CCNCc1cncc(NCC(C)OC)n1. The number of hydrogen-bond donors (Lipinski definition) is 2. The maximum Gasteiger partial charge on any atom is 0.144 e. The predicted molar refractivity (Wildman–Crippen MR) is 64.4 cm³/mol. The van der Waals surface area contributed by atoms with Gasteiger partial charge in [-0.25, -0.2) is 4.98 Å². The average Bonchev–Trinajstić information content (AvgIpc) is 2.34. The third-order valence-corrected chi connectivity index (χ3v) is 2.21. The van der Waals surface area contributed by atoms with Crippen molar-refractivity contribution in [2.45, 2.75) is 26.5 Å². The van der Waals surface area contributed by atoms with Gasteiger partial charge < -0.3 is 15.4 Å². The first-order valence-electron chi connectivity index (χ1n) is 5.54. The maximum atomic E-state index is 5.14. The van der Waals surface area contributed by atoms with E-state index in [9.17, 15) is 0 Å². The molecule has 0 aliphatic rings. The van der Waals surface area contributed by atoms with Gasteiger partial charge >= 0.3 is 0 Å². The van der Waals surface area contributed by atoms with Crippen molar-refractivity contribution in [1.29, 1.82) is 0 Å². The van der Waals surface area contributed by atoms with Gasteiger partial charge in [-0.05, 0) is 13.5 Å². The molecule has 0 saturated heterocycles. The first-order chi connectivity index (χ1) is 7.76. The quantitative estimate of drug-likeness (QED) is 0.724. The zero-order chi connectivity index (χ0) is 11.8. The second-order valence-electron chi connectivity index (χ2n) is 3.60. The predicted octanol–water partition coefficient (Wildman–Crippen LogP) is 1.03. The van der Waals surface area contributed by atoms with E-state index in [0.29, 0.717) is 0 Å². The van der Waals surface area contributed by atoms with Crippen LogP contribution in [0.5, 0.6) is 0 Å². The van der Waals surface area contributed by atoms with Crippen molar-refractivity contribution in [2.24, 2.45) is 0 Å². The molecule has 2 N–H and O–H groups in total. The lowest BCUT2D eigenvalue weighted by atomic mass is 10.4. The van der Waals surface area contributed by atoms with E-state index < -0.39 is 0 Å². The molecule has 16 heavy (non-hydrogen) atoms. The highest BCUT2D eigenvalue weighted by atomic mass is 16.5. The minimum absolute atomic E-state index is 0.166. The standard InChI is InChI=1S/C11H20N4O/c1-4-12-6-10-7-13-8-11(15-10)14-5-9(2)16-3/h7-9,12H,4-6H2,1-3H3,(H,14,15). The first-order valence-corrected chi connectivity index (χ1v) is 5.54. The molecular weight excluding hydrogens is 204 g/mol. The molecule has 1 atom stereocenters. The van der Waals surface area contributed by atoms with Crippen molar-refractivity contribution in [2.75, 3.05) is 25.5 Å². The van der Waals surface area contributed by atoms with E-state index in [-0.39, 0.29) is 6.10 Å². The minimum Gasteiger partial charge on any atom is -0.380 e. The molecule has 0 spiro atoms. The Balaban J connectivity index is 2.46. The lowest BCUT2D eigenvalue weighted by molar-refractivity contribution is 0.128. The topological polar surface area (TPSA) is 59.1 Å². The Morgan fingerprint density at radius 1 is 1.44 bits per heavy atom. The van der Waals surface area contributed by atoms with Crippen LogP contribution in [0, 0.1) is 0 Å². The molecule has 1 aromatic rings. The van der Waals surface area contributed by atoms with Crippen LogP contribution in [0.3, 0.4) is 0 Å². The van der Waals surface area contributed by atoms with Crippen LogP contribution in [0.2, 0.25) is 0 Å². The van der Waals surface area contributed by atoms with Gasteiger partial charge in [0.25, 0.3) is 0 Å². The van der Waals surface area contributed by atoms with Crippen molar-refractivity contribution in [3.8, 4) is 0 Å². The number of nitrogens with zero attached hydrogens (tertiary/aromatic N) is 2. The summed E-state index contributed by atoms with van der Waals surface area (Å²) in [6.45, 7) is 6.48. The molecule has 1 aromatic heterocycles. The van der Waals surface area contributed by atoms with Gasteiger partial charge in [0.2, 0.25) is 0 Å². The largest absolute Gasteiger partial charge is 0.380 e. The Labute approximate surface area is 96.6 Å². The van der Waals surface area contributed by atoms with Gasteiger partial charge in [-0.1, -0.05) is 6.92 Å². The van der Waals surface area contributed by atoms with Gasteiger partial charge in [0.1, 0.15) is 5.82 Å². The fraction of sp³-hybridized carbons (Fsp3) is 0.636. The number of aromatic nitrogens is 2. The summed E-state index contributed by atoms with van der Waals surface area (Å²) in [5, 5.41) is 6.40. The Hall–Kier alpha value is -1.20. The van der Waals surface area contributed by atoms with Gasteiger partial charge in [-0.15, -0.1) is 0 Å².